The van der Waals surface area contributed by atoms with E-state index in [0.29, 0.717) is 23.1 Å². The van der Waals surface area contributed by atoms with Gasteiger partial charge in [0.1, 0.15) is 5.69 Å². The maximum atomic E-state index is 12.3. The van der Waals surface area contributed by atoms with E-state index in [1.54, 1.807) is 19.3 Å². The predicted octanol–water partition coefficient (Wildman–Crippen LogP) is 2.35. The maximum absolute atomic E-state index is 12.3. The molecule has 0 radical (unpaired) electrons. The van der Waals surface area contributed by atoms with Crippen LogP contribution in [0.15, 0.2) is 53.5 Å². The van der Waals surface area contributed by atoms with Gasteiger partial charge < -0.3 is 0 Å². The molecular formula is C15H13ClN4O. The first kappa shape index (κ1) is 13.6. The molecule has 0 unspecified atom stereocenters. The third-order valence-corrected chi connectivity index (χ3v) is 3.39. The zero-order chi connectivity index (χ0) is 14.8. The highest BCUT2D eigenvalue weighted by Crippen LogP contribution is 2.13. The summed E-state index contributed by atoms with van der Waals surface area (Å²) in [6, 6.07) is 12.9. The van der Waals surface area contributed by atoms with Crippen LogP contribution in [-0.4, -0.2) is 19.3 Å². The Morgan fingerprint density at radius 3 is 2.76 bits per heavy atom. The van der Waals surface area contributed by atoms with E-state index in [9.17, 15) is 4.79 Å². The van der Waals surface area contributed by atoms with Crippen LogP contribution in [0.5, 0.6) is 0 Å². The van der Waals surface area contributed by atoms with Crippen LogP contribution in [0.25, 0.3) is 11.5 Å². The van der Waals surface area contributed by atoms with Crippen molar-refractivity contribution in [3.05, 3.63) is 69.7 Å². The minimum absolute atomic E-state index is 0.185. The van der Waals surface area contributed by atoms with Gasteiger partial charge in [-0.1, -0.05) is 29.8 Å². The Hall–Kier alpha value is -2.40. The average molecular weight is 301 g/mol. The maximum Gasteiger partial charge on any atom is 0.346 e. The van der Waals surface area contributed by atoms with Gasteiger partial charge in [0.05, 0.1) is 6.54 Å². The lowest BCUT2D eigenvalue weighted by Crippen LogP contribution is -2.23. The Bertz CT molecular complexity index is 823. The van der Waals surface area contributed by atoms with Crippen LogP contribution in [0.4, 0.5) is 0 Å². The smallest absolute Gasteiger partial charge is 0.277 e. The summed E-state index contributed by atoms with van der Waals surface area (Å²) in [5, 5.41) is 5.01. The van der Waals surface area contributed by atoms with Crippen molar-refractivity contribution in [2.24, 2.45) is 7.05 Å². The van der Waals surface area contributed by atoms with Gasteiger partial charge in [0.15, 0.2) is 5.82 Å². The third-order valence-electron chi connectivity index (χ3n) is 3.16. The molecule has 0 atom stereocenters. The minimum atomic E-state index is -0.185. The van der Waals surface area contributed by atoms with E-state index in [-0.39, 0.29) is 5.69 Å². The van der Waals surface area contributed by atoms with Crippen molar-refractivity contribution >= 4 is 11.6 Å². The summed E-state index contributed by atoms with van der Waals surface area (Å²) < 4.78 is 2.91. The molecule has 0 bridgehead atoms. The van der Waals surface area contributed by atoms with Gasteiger partial charge in [-0.3, -0.25) is 9.55 Å². The van der Waals surface area contributed by atoms with Gasteiger partial charge in [0.2, 0.25) is 0 Å². The van der Waals surface area contributed by atoms with Crippen LogP contribution in [0, 0.1) is 0 Å². The lowest BCUT2D eigenvalue weighted by Gasteiger charge is -2.00. The van der Waals surface area contributed by atoms with Crippen LogP contribution in [0.1, 0.15) is 5.56 Å². The average Bonchev–Trinajstić information content (AvgIpc) is 2.77. The molecule has 0 saturated carbocycles. The number of aromatic nitrogens is 4. The third kappa shape index (κ3) is 2.73. The van der Waals surface area contributed by atoms with Crippen molar-refractivity contribution < 1.29 is 0 Å². The second-order valence-corrected chi connectivity index (χ2v) is 5.10. The molecule has 106 valence electrons. The molecule has 3 aromatic rings. The predicted molar refractivity (Wildman–Crippen MR) is 81.3 cm³/mol. The first-order valence-corrected chi connectivity index (χ1v) is 6.82. The first-order valence-electron chi connectivity index (χ1n) is 6.45. The van der Waals surface area contributed by atoms with Gasteiger partial charge >= 0.3 is 5.69 Å². The fraction of sp³-hybridized carbons (Fsp3) is 0.133. The molecule has 0 aliphatic rings. The zero-order valence-electron chi connectivity index (χ0n) is 11.4. The number of hydrogen-bond acceptors (Lipinski definition) is 3. The summed E-state index contributed by atoms with van der Waals surface area (Å²) in [7, 11) is 1.69. The van der Waals surface area contributed by atoms with Crippen molar-refractivity contribution in [3.63, 3.8) is 0 Å². The second kappa shape index (κ2) is 5.54. The first-order chi connectivity index (χ1) is 10.1. The molecule has 0 N–H and O–H groups in total. The number of hydrogen-bond donors (Lipinski definition) is 0. The Balaban J connectivity index is 2.00. The van der Waals surface area contributed by atoms with Crippen molar-refractivity contribution in [3.8, 4) is 11.5 Å². The molecule has 0 aliphatic heterocycles. The topological polar surface area (TPSA) is 52.7 Å². The van der Waals surface area contributed by atoms with E-state index < -0.39 is 0 Å². The molecule has 2 aromatic heterocycles. The van der Waals surface area contributed by atoms with Crippen molar-refractivity contribution in [1.29, 1.82) is 0 Å². The molecule has 0 saturated heterocycles. The van der Waals surface area contributed by atoms with Crippen molar-refractivity contribution in [1.82, 2.24) is 19.3 Å². The summed E-state index contributed by atoms with van der Waals surface area (Å²) >= 11 is 5.96. The van der Waals surface area contributed by atoms with Crippen molar-refractivity contribution in [2.75, 3.05) is 0 Å². The molecule has 6 heteroatoms. The summed E-state index contributed by atoms with van der Waals surface area (Å²) in [6.45, 7) is 0.375. The molecule has 0 aliphatic carbocycles. The van der Waals surface area contributed by atoms with Crippen LogP contribution in [0.3, 0.4) is 0 Å². The Morgan fingerprint density at radius 2 is 2.05 bits per heavy atom. The van der Waals surface area contributed by atoms with Gasteiger partial charge in [-0.25, -0.2) is 9.48 Å². The van der Waals surface area contributed by atoms with Crippen LogP contribution < -0.4 is 5.69 Å². The molecule has 21 heavy (non-hydrogen) atoms. The fourth-order valence-corrected chi connectivity index (χ4v) is 2.33. The van der Waals surface area contributed by atoms with Gasteiger partial charge in [-0.2, -0.15) is 0 Å². The van der Waals surface area contributed by atoms with Crippen LogP contribution >= 0.6 is 11.6 Å². The molecule has 0 amide bonds. The van der Waals surface area contributed by atoms with Gasteiger partial charge in [0.25, 0.3) is 0 Å². The van der Waals surface area contributed by atoms with Gasteiger partial charge in [-0.05, 0) is 29.8 Å². The molecule has 1 aromatic carbocycles. The normalized spacial score (nSPS) is 10.8. The van der Waals surface area contributed by atoms with E-state index in [1.165, 1.54) is 9.25 Å². The summed E-state index contributed by atoms with van der Waals surface area (Å²) in [6.07, 6.45) is 1.68. The zero-order valence-corrected chi connectivity index (χ0v) is 12.2. The van der Waals surface area contributed by atoms with E-state index in [4.69, 9.17) is 11.6 Å². The minimum Gasteiger partial charge on any atom is -0.277 e. The molecule has 0 fully saturated rings. The standard InChI is InChI=1S/C15H13ClN4O/c1-19-14(13-7-2-3-8-17-13)18-20(15(19)21)10-11-5-4-6-12(16)9-11/h2-9H,10H2,1H3. The highest BCUT2D eigenvalue weighted by molar-refractivity contribution is 6.30. The Morgan fingerprint density at radius 1 is 1.19 bits per heavy atom. The summed E-state index contributed by atoms with van der Waals surface area (Å²) in [5.74, 6) is 0.544. The lowest BCUT2D eigenvalue weighted by molar-refractivity contribution is 0.647. The van der Waals surface area contributed by atoms with E-state index >= 15 is 0 Å². The van der Waals surface area contributed by atoms with E-state index in [0.717, 1.165) is 5.56 Å². The van der Waals surface area contributed by atoms with E-state index in [2.05, 4.69) is 10.1 Å². The Kier molecular flexibility index (Phi) is 3.58. The number of halogens is 1. The number of rotatable bonds is 3. The monoisotopic (exact) mass is 300 g/mol. The van der Waals surface area contributed by atoms with E-state index in [1.807, 2.05) is 36.4 Å². The largest absolute Gasteiger partial charge is 0.346 e. The van der Waals surface area contributed by atoms with Crippen molar-refractivity contribution in [2.45, 2.75) is 6.54 Å². The van der Waals surface area contributed by atoms with Gasteiger partial charge in [-0.15, -0.1) is 5.10 Å². The molecule has 5 nitrogen and oxygen atoms in total. The molecular weight excluding hydrogens is 288 g/mol. The molecule has 0 spiro atoms. The quantitative estimate of drug-likeness (QED) is 0.746. The van der Waals surface area contributed by atoms with Gasteiger partial charge in [0, 0.05) is 18.3 Å². The second-order valence-electron chi connectivity index (χ2n) is 4.67. The summed E-state index contributed by atoms with van der Waals surface area (Å²) in [4.78, 5) is 16.5. The fourth-order valence-electron chi connectivity index (χ4n) is 2.12. The summed E-state index contributed by atoms with van der Waals surface area (Å²) in [5.41, 5.74) is 1.41. The SMILES string of the molecule is Cn1c(-c2ccccn2)nn(Cc2cccc(Cl)c2)c1=O. The highest BCUT2D eigenvalue weighted by atomic mass is 35.5. The highest BCUT2D eigenvalue weighted by Gasteiger charge is 2.13. The van der Waals surface area contributed by atoms with Crippen LogP contribution in [0.2, 0.25) is 5.02 Å². The number of pyridine rings is 1. The molecule has 2 heterocycles. The number of nitrogens with zero attached hydrogens (tertiary/aromatic N) is 4. The number of benzene rings is 1. The molecule has 3 rings (SSSR count). The lowest BCUT2D eigenvalue weighted by atomic mass is 10.2. The van der Waals surface area contributed by atoms with Crippen LogP contribution in [-0.2, 0) is 13.6 Å². The Labute approximate surface area is 126 Å².